The maximum Gasteiger partial charge on any atom is 0.322 e. The number of amides is 4. The molecule has 1 unspecified atom stereocenters. The molecule has 1 saturated heterocycles. The molecule has 144 valence electrons. The summed E-state index contributed by atoms with van der Waals surface area (Å²) in [6.45, 7) is 0.185. The molecule has 2 heterocycles. The van der Waals surface area contributed by atoms with Crippen molar-refractivity contribution in [2.75, 3.05) is 6.54 Å². The van der Waals surface area contributed by atoms with Crippen LogP contribution in [-0.2, 0) is 16.9 Å². The third-order valence-corrected chi connectivity index (χ3v) is 5.56. The molecule has 29 heavy (non-hydrogen) atoms. The highest BCUT2D eigenvalue weighted by Crippen LogP contribution is 2.32. The quantitative estimate of drug-likeness (QED) is 0.676. The fraction of sp³-hybridized carbons (Fsp3) is 0.136. The van der Waals surface area contributed by atoms with Crippen LogP contribution in [0.25, 0.3) is 10.8 Å². The SMILES string of the molecule is O=C1NC(=O)C(CN2Cc3ccc(F)cc3C2=O)(c2ccc3ccccc3c2)N1. The topological polar surface area (TPSA) is 78.5 Å². The molecule has 0 radical (unpaired) electrons. The second-order valence-corrected chi connectivity index (χ2v) is 7.34. The number of rotatable bonds is 3. The van der Waals surface area contributed by atoms with Crippen LogP contribution in [0, 0.1) is 5.82 Å². The summed E-state index contributed by atoms with van der Waals surface area (Å²) in [5.74, 6) is -1.38. The molecule has 7 heteroatoms. The molecule has 4 amide bonds. The Hall–Kier alpha value is -3.74. The van der Waals surface area contributed by atoms with Crippen LogP contribution in [0.3, 0.4) is 0 Å². The summed E-state index contributed by atoms with van der Waals surface area (Å²) in [5.41, 5.74) is 0.129. The molecule has 0 bridgehead atoms. The van der Waals surface area contributed by atoms with Gasteiger partial charge in [0.25, 0.3) is 11.8 Å². The fourth-order valence-electron chi connectivity index (χ4n) is 4.10. The van der Waals surface area contributed by atoms with E-state index < -0.39 is 23.3 Å². The van der Waals surface area contributed by atoms with Gasteiger partial charge >= 0.3 is 6.03 Å². The number of carbonyl (C=O) groups is 3. The minimum atomic E-state index is -1.42. The number of hydrogen-bond donors (Lipinski definition) is 2. The highest BCUT2D eigenvalue weighted by atomic mass is 19.1. The van der Waals surface area contributed by atoms with Crippen molar-refractivity contribution in [1.29, 1.82) is 0 Å². The third-order valence-electron chi connectivity index (χ3n) is 5.56. The van der Waals surface area contributed by atoms with Gasteiger partial charge in [-0.15, -0.1) is 0 Å². The van der Waals surface area contributed by atoms with E-state index in [4.69, 9.17) is 0 Å². The predicted molar refractivity (Wildman–Crippen MR) is 103 cm³/mol. The van der Waals surface area contributed by atoms with Crippen molar-refractivity contribution in [3.8, 4) is 0 Å². The van der Waals surface area contributed by atoms with Crippen LogP contribution in [0.5, 0.6) is 0 Å². The second kappa shape index (κ2) is 6.13. The Balaban J connectivity index is 1.57. The van der Waals surface area contributed by atoms with E-state index in [2.05, 4.69) is 10.6 Å². The molecule has 3 aromatic carbocycles. The summed E-state index contributed by atoms with van der Waals surface area (Å²) < 4.78 is 13.6. The second-order valence-electron chi connectivity index (χ2n) is 7.34. The number of nitrogens with zero attached hydrogens (tertiary/aromatic N) is 1. The molecule has 6 nitrogen and oxygen atoms in total. The van der Waals surface area contributed by atoms with Crippen molar-refractivity contribution in [2.24, 2.45) is 0 Å². The van der Waals surface area contributed by atoms with Gasteiger partial charge in [-0.2, -0.15) is 0 Å². The first-order chi connectivity index (χ1) is 14.0. The first-order valence-corrected chi connectivity index (χ1v) is 9.17. The lowest BCUT2D eigenvalue weighted by Crippen LogP contribution is -2.52. The van der Waals surface area contributed by atoms with E-state index in [9.17, 15) is 18.8 Å². The van der Waals surface area contributed by atoms with Crippen LogP contribution in [0.4, 0.5) is 9.18 Å². The van der Waals surface area contributed by atoms with E-state index >= 15 is 0 Å². The van der Waals surface area contributed by atoms with Crippen molar-refractivity contribution in [3.63, 3.8) is 0 Å². The van der Waals surface area contributed by atoms with Gasteiger partial charge in [0.15, 0.2) is 5.54 Å². The monoisotopic (exact) mass is 389 g/mol. The lowest BCUT2D eigenvalue weighted by atomic mass is 9.87. The normalized spacial score (nSPS) is 20.7. The van der Waals surface area contributed by atoms with Crippen LogP contribution in [0.1, 0.15) is 21.5 Å². The Labute approximate surface area is 165 Å². The number of benzene rings is 3. The average molecular weight is 389 g/mol. The van der Waals surface area contributed by atoms with Gasteiger partial charge in [0.05, 0.1) is 6.54 Å². The van der Waals surface area contributed by atoms with Crippen molar-refractivity contribution in [1.82, 2.24) is 15.5 Å². The van der Waals surface area contributed by atoms with Crippen molar-refractivity contribution in [3.05, 3.63) is 83.2 Å². The molecule has 3 aromatic rings. The summed E-state index contributed by atoms with van der Waals surface area (Å²) in [6.07, 6.45) is 0. The minimum absolute atomic E-state index is 0.0575. The number of halogens is 1. The van der Waals surface area contributed by atoms with Gasteiger partial charge in [-0.1, -0.05) is 42.5 Å². The van der Waals surface area contributed by atoms with Gasteiger partial charge in [-0.25, -0.2) is 9.18 Å². The van der Waals surface area contributed by atoms with Gasteiger partial charge in [-0.3, -0.25) is 14.9 Å². The van der Waals surface area contributed by atoms with Gasteiger partial charge in [-0.05, 0) is 40.1 Å². The van der Waals surface area contributed by atoms with Crippen LogP contribution >= 0.6 is 0 Å². The van der Waals surface area contributed by atoms with Gasteiger partial charge in [0.1, 0.15) is 5.82 Å². The highest BCUT2D eigenvalue weighted by Gasteiger charge is 2.50. The third kappa shape index (κ3) is 2.66. The number of imide groups is 1. The fourth-order valence-corrected chi connectivity index (χ4v) is 4.10. The zero-order valence-electron chi connectivity index (χ0n) is 15.2. The first-order valence-electron chi connectivity index (χ1n) is 9.17. The summed E-state index contributed by atoms with van der Waals surface area (Å²) >= 11 is 0. The summed E-state index contributed by atoms with van der Waals surface area (Å²) in [4.78, 5) is 39.2. The van der Waals surface area contributed by atoms with E-state index in [1.54, 1.807) is 12.1 Å². The minimum Gasteiger partial charge on any atom is -0.331 e. The summed E-state index contributed by atoms with van der Waals surface area (Å²) in [5, 5.41) is 6.91. The number of hydrogen-bond acceptors (Lipinski definition) is 3. The summed E-state index contributed by atoms with van der Waals surface area (Å²) in [7, 11) is 0. The molecule has 1 fully saturated rings. The zero-order valence-corrected chi connectivity index (χ0v) is 15.2. The Kier molecular flexibility index (Phi) is 3.67. The predicted octanol–water partition coefficient (Wildman–Crippen LogP) is 2.67. The van der Waals surface area contributed by atoms with Crippen molar-refractivity contribution < 1.29 is 18.8 Å². The first kappa shape index (κ1) is 17.4. The van der Waals surface area contributed by atoms with Gasteiger partial charge in [0.2, 0.25) is 0 Å². The Bertz CT molecular complexity index is 1210. The van der Waals surface area contributed by atoms with E-state index in [0.717, 1.165) is 10.8 Å². The maximum absolute atomic E-state index is 13.6. The summed E-state index contributed by atoms with van der Waals surface area (Å²) in [6, 6.07) is 16.6. The lowest BCUT2D eigenvalue weighted by molar-refractivity contribution is -0.124. The average Bonchev–Trinajstić information content (AvgIpc) is 3.17. The molecule has 2 N–H and O–H groups in total. The zero-order chi connectivity index (χ0) is 20.2. The van der Waals surface area contributed by atoms with E-state index in [1.807, 2.05) is 36.4 Å². The Morgan fingerprint density at radius 2 is 1.76 bits per heavy atom. The van der Waals surface area contributed by atoms with Crippen molar-refractivity contribution in [2.45, 2.75) is 12.1 Å². The van der Waals surface area contributed by atoms with Crippen LogP contribution in [-0.4, -0.2) is 29.3 Å². The molecule has 0 aromatic heterocycles. The molecule has 2 aliphatic rings. The molecular weight excluding hydrogens is 373 g/mol. The van der Waals surface area contributed by atoms with Crippen LogP contribution < -0.4 is 10.6 Å². The molecule has 0 saturated carbocycles. The molecule has 2 aliphatic heterocycles. The lowest BCUT2D eigenvalue weighted by Gasteiger charge is -2.31. The van der Waals surface area contributed by atoms with E-state index in [0.29, 0.717) is 11.1 Å². The number of nitrogens with one attached hydrogen (secondary N) is 2. The molecule has 5 rings (SSSR count). The Morgan fingerprint density at radius 3 is 2.52 bits per heavy atom. The number of fused-ring (bicyclic) bond motifs is 2. The highest BCUT2D eigenvalue weighted by molar-refractivity contribution is 6.08. The van der Waals surface area contributed by atoms with Gasteiger partial charge < -0.3 is 10.2 Å². The largest absolute Gasteiger partial charge is 0.331 e. The number of carbonyl (C=O) groups excluding carboxylic acids is 3. The molecule has 1 atom stereocenters. The molecule has 0 aliphatic carbocycles. The smallest absolute Gasteiger partial charge is 0.322 e. The van der Waals surface area contributed by atoms with E-state index in [-0.39, 0.29) is 24.6 Å². The van der Waals surface area contributed by atoms with E-state index in [1.165, 1.54) is 17.0 Å². The Morgan fingerprint density at radius 1 is 0.966 bits per heavy atom. The van der Waals surface area contributed by atoms with Crippen LogP contribution in [0.2, 0.25) is 0 Å². The van der Waals surface area contributed by atoms with Gasteiger partial charge in [0, 0.05) is 12.1 Å². The standard InChI is InChI=1S/C22H16FN3O3/c23-17-8-6-15-11-26(19(27)18(15)10-17)12-22(20(28)24-21(29)25-22)16-7-5-13-3-1-2-4-14(13)9-16/h1-10H,11-12H2,(H2,24,25,28,29). The molecular formula is C22H16FN3O3. The maximum atomic E-state index is 13.6. The van der Waals surface area contributed by atoms with Crippen LogP contribution in [0.15, 0.2) is 60.7 Å². The number of urea groups is 1. The molecule has 0 spiro atoms. The van der Waals surface area contributed by atoms with Crippen molar-refractivity contribution >= 4 is 28.6 Å².